The Balaban J connectivity index is 1.30. The lowest BCUT2D eigenvalue weighted by Gasteiger charge is -2.08. The standard InChI is InChI=1S/C22H18N6OS/c1-14-8-17(6-7-23-14)28-19-12-24-21(9-15(19)11-26-28)27-22(29)25-10-16-13-30-20-5-3-2-4-18(16)20/h2-9,11-13H,10H2,1H3,(H2,24,25,27,29). The van der Waals surface area contributed by atoms with Gasteiger partial charge in [0, 0.05) is 28.5 Å². The molecule has 4 heterocycles. The van der Waals surface area contributed by atoms with E-state index in [4.69, 9.17) is 0 Å². The molecule has 2 amide bonds. The van der Waals surface area contributed by atoms with Crippen molar-refractivity contribution in [1.82, 2.24) is 25.1 Å². The highest BCUT2D eigenvalue weighted by Crippen LogP contribution is 2.25. The number of aryl methyl sites for hydroxylation is 1. The van der Waals surface area contributed by atoms with Crippen LogP contribution >= 0.6 is 11.3 Å². The van der Waals surface area contributed by atoms with Crippen LogP contribution in [0.4, 0.5) is 10.6 Å². The molecule has 0 saturated heterocycles. The van der Waals surface area contributed by atoms with Gasteiger partial charge in [-0.3, -0.25) is 10.3 Å². The molecule has 0 saturated carbocycles. The molecule has 0 unspecified atom stereocenters. The smallest absolute Gasteiger partial charge is 0.320 e. The second kappa shape index (κ2) is 7.57. The summed E-state index contributed by atoms with van der Waals surface area (Å²) in [5, 5.41) is 14.3. The quantitative estimate of drug-likeness (QED) is 0.448. The van der Waals surface area contributed by atoms with Crippen LogP contribution < -0.4 is 10.6 Å². The third-order valence-electron chi connectivity index (χ3n) is 4.82. The summed E-state index contributed by atoms with van der Waals surface area (Å²) < 4.78 is 3.02. The average molecular weight is 414 g/mol. The minimum absolute atomic E-state index is 0.297. The number of hydrogen-bond acceptors (Lipinski definition) is 5. The normalized spacial score (nSPS) is 11.1. The van der Waals surface area contributed by atoms with Gasteiger partial charge in [0.15, 0.2) is 0 Å². The topological polar surface area (TPSA) is 84.7 Å². The van der Waals surface area contributed by atoms with Crippen molar-refractivity contribution < 1.29 is 4.79 Å². The van der Waals surface area contributed by atoms with E-state index in [1.807, 2.05) is 41.9 Å². The Kier molecular flexibility index (Phi) is 4.61. The van der Waals surface area contributed by atoms with Crippen molar-refractivity contribution in [2.45, 2.75) is 13.5 Å². The largest absolute Gasteiger partial charge is 0.334 e. The Morgan fingerprint density at radius 2 is 2.03 bits per heavy atom. The highest BCUT2D eigenvalue weighted by Gasteiger charge is 2.10. The van der Waals surface area contributed by atoms with Gasteiger partial charge in [0.25, 0.3) is 0 Å². The van der Waals surface area contributed by atoms with Crippen molar-refractivity contribution in [3.05, 3.63) is 77.7 Å². The molecule has 0 aliphatic carbocycles. The molecule has 148 valence electrons. The van der Waals surface area contributed by atoms with E-state index >= 15 is 0 Å². The maximum absolute atomic E-state index is 12.4. The Bertz CT molecular complexity index is 1370. The maximum Gasteiger partial charge on any atom is 0.320 e. The zero-order valence-corrected chi connectivity index (χ0v) is 17.0. The molecule has 0 atom stereocenters. The monoisotopic (exact) mass is 414 g/mol. The predicted molar refractivity (Wildman–Crippen MR) is 119 cm³/mol. The van der Waals surface area contributed by atoms with Gasteiger partial charge in [0.05, 0.1) is 23.6 Å². The number of carbonyl (C=O) groups is 1. The van der Waals surface area contributed by atoms with E-state index in [1.54, 1.807) is 29.9 Å². The molecule has 0 bridgehead atoms. The van der Waals surface area contributed by atoms with E-state index in [0.717, 1.165) is 27.8 Å². The molecule has 30 heavy (non-hydrogen) atoms. The number of carbonyl (C=O) groups excluding carboxylic acids is 1. The number of rotatable bonds is 4. The first-order valence-electron chi connectivity index (χ1n) is 9.44. The summed E-state index contributed by atoms with van der Waals surface area (Å²) in [7, 11) is 0. The molecule has 4 aromatic heterocycles. The number of nitrogens with one attached hydrogen (secondary N) is 2. The number of thiophene rings is 1. The maximum atomic E-state index is 12.4. The van der Waals surface area contributed by atoms with Gasteiger partial charge in [-0.1, -0.05) is 18.2 Å². The van der Waals surface area contributed by atoms with Gasteiger partial charge in [0.2, 0.25) is 0 Å². The van der Waals surface area contributed by atoms with Gasteiger partial charge in [-0.15, -0.1) is 11.3 Å². The lowest BCUT2D eigenvalue weighted by molar-refractivity contribution is 0.251. The van der Waals surface area contributed by atoms with Crippen LogP contribution in [0.3, 0.4) is 0 Å². The first kappa shape index (κ1) is 18.3. The van der Waals surface area contributed by atoms with Crippen molar-refractivity contribution >= 4 is 44.2 Å². The summed E-state index contributed by atoms with van der Waals surface area (Å²) in [6, 6.07) is 13.5. The van der Waals surface area contributed by atoms with Crippen molar-refractivity contribution in [2.24, 2.45) is 0 Å². The second-order valence-electron chi connectivity index (χ2n) is 6.90. The number of fused-ring (bicyclic) bond motifs is 2. The van der Waals surface area contributed by atoms with Gasteiger partial charge in [-0.25, -0.2) is 14.5 Å². The van der Waals surface area contributed by atoms with Crippen LogP contribution in [-0.2, 0) is 6.54 Å². The molecular weight excluding hydrogens is 396 g/mol. The Labute approximate surface area is 176 Å². The van der Waals surface area contributed by atoms with Crippen LogP contribution in [0.5, 0.6) is 0 Å². The SMILES string of the molecule is Cc1cc(-n2ncc3cc(NC(=O)NCc4csc5ccccc45)ncc32)ccn1. The lowest BCUT2D eigenvalue weighted by atomic mass is 10.2. The van der Waals surface area contributed by atoms with Crippen LogP contribution in [0.1, 0.15) is 11.3 Å². The highest BCUT2D eigenvalue weighted by atomic mass is 32.1. The van der Waals surface area contributed by atoms with Crippen LogP contribution in [0.15, 0.2) is 66.4 Å². The summed E-state index contributed by atoms with van der Waals surface area (Å²) in [5.41, 5.74) is 3.79. The van der Waals surface area contributed by atoms with E-state index in [0.29, 0.717) is 12.4 Å². The summed E-state index contributed by atoms with van der Waals surface area (Å²) in [6.45, 7) is 2.39. The third kappa shape index (κ3) is 3.48. The first-order chi connectivity index (χ1) is 14.7. The predicted octanol–water partition coefficient (Wildman–Crippen LogP) is 4.66. The number of hydrogen-bond donors (Lipinski definition) is 2. The molecule has 2 N–H and O–H groups in total. The molecule has 0 aliphatic rings. The molecule has 5 aromatic rings. The molecule has 0 fully saturated rings. The highest BCUT2D eigenvalue weighted by molar-refractivity contribution is 7.17. The average Bonchev–Trinajstić information content (AvgIpc) is 3.36. The fourth-order valence-electron chi connectivity index (χ4n) is 3.37. The molecule has 0 aliphatic heterocycles. The first-order valence-corrected chi connectivity index (χ1v) is 10.3. The van der Waals surface area contributed by atoms with Crippen molar-refractivity contribution in [1.29, 1.82) is 0 Å². The third-order valence-corrected chi connectivity index (χ3v) is 5.83. The van der Waals surface area contributed by atoms with E-state index in [1.165, 1.54) is 10.1 Å². The number of urea groups is 1. The summed E-state index contributed by atoms with van der Waals surface area (Å²) in [6.07, 6.45) is 5.22. The van der Waals surface area contributed by atoms with E-state index in [9.17, 15) is 4.79 Å². The number of pyridine rings is 2. The summed E-state index contributed by atoms with van der Waals surface area (Å²) >= 11 is 1.68. The Morgan fingerprint density at radius 1 is 1.13 bits per heavy atom. The van der Waals surface area contributed by atoms with E-state index in [2.05, 4.69) is 43.2 Å². The summed E-state index contributed by atoms with van der Waals surface area (Å²) in [4.78, 5) is 21.0. The van der Waals surface area contributed by atoms with Crippen molar-refractivity contribution in [3.63, 3.8) is 0 Å². The molecule has 0 spiro atoms. The van der Waals surface area contributed by atoms with Gasteiger partial charge < -0.3 is 5.32 Å². The molecular formula is C22H18N6OS. The number of benzene rings is 1. The minimum Gasteiger partial charge on any atom is -0.334 e. The van der Waals surface area contributed by atoms with Crippen molar-refractivity contribution in [2.75, 3.05) is 5.32 Å². The fourth-order valence-corrected chi connectivity index (χ4v) is 4.33. The molecule has 7 nitrogen and oxygen atoms in total. The Morgan fingerprint density at radius 3 is 2.93 bits per heavy atom. The Hall–Kier alpha value is -3.78. The van der Waals surface area contributed by atoms with Crippen LogP contribution in [-0.4, -0.2) is 25.8 Å². The lowest BCUT2D eigenvalue weighted by Crippen LogP contribution is -2.28. The molecule has 0 radical (unpaired) electrons. The van der Waals surface area contributed by atoms with Gasteiger partial charge >= 0.3 is 6.03 Å². The number of anilines is 1. The molecule has 5 rings (SSSR count). The van der Waals surface area contributed by atoms with Gasteiger partial charge in [-0.2, -0.15) is 5.10 Å². The number of nitrogens with zero attached hydrogens (tertiary/aromatic N) is 4. The fraction of sp³-hybridized carbons (Fsp3) is 0.0909. The van der Waals surface area contributed by atoms with Gasteiger partial charge in [-0.05, 0) is 47.5 Å². The van der Waals surface area contributed by atoms with Gasteiger partial charge in [0.1, 0.15) is 5.82 Å². The zero-order valence-electron chi connectivity index (χ0n) is 16.2. The van der Waals surface area contributed by atoms with E-state index < -0.39 is 0 Å². The van der Waals surface area contributed by atoms with E-state index in [-0.39, 0.29) is 6.03 Å². The summed E-state index contributed by atoms with van der Waals surface area (Å²) in [5.74, 6) is 0.473. The zero-order chi connectivity index (χ0) is 20.5. The number of aromatic nitrogens is 4. The number of amides is 2. The molecule has 1 aromatic carbocycles. The van der Waals surface area contributed by atoms with Crippen LogP contribution in [0.2, 0.25) is 0 Å². The second-order valence-corrected chi connectivity index (χ2v) is 7.82. The molecule has 8 heteroatoms. The minimum atomic E-state index is -0.297. The van der Waals surface area contributed by atoms with Crippen LogP contribution in [0.25, 0.3) is 26.7 Å². The van der Waals surface area contributed by atoms with Crippen molar-refractivity contribution in [3.8, 4) is 5.69 Å². The van der Waals surface area contributed by atoms with Crippen LogP contribution in [0, 0.1) is 6.92 Å².